The van der Waals surface area contributed by atoms with Crippen LogP contribution in [0, 0.1) is 0 Å². The zero-order valence-electron chi connectivity index (χ0n) is 13.2. The summed E-state index contributed by atoms with van der Waals surface area (Å²) in [6, 6.07) is 11.1. The molecule has 0 fully saturated rings. The van der Waals surface area contributed by atoms with Crippen LogP contribution in [0.4, 0.5) is 5.69 Å². The minimum absolute atomic E-state index is 0.169. The molecule has 2 atom stereocenters. The van der Waals surface area contributed by atoms with Crippen LogP contribution in [-0.2, 0) is 11.3 Å². The second-order valence-electron chi connectivity index (χ2n) is 5.54. The van der Waals surface area contributed by atoms with Crippen molar-refractivity contribution in [3.8, 4) is 5.75 Å². The Kier molecular flexibility index (Phi) is 6.35. The number of aliphatic hydroxyl groups is 1. The van der Waals surface area contributed by atoms with Crippen LogP contribution in [0.25, 0.3) is 10.8 Å². The minimum atomic E-state index is -2.14. The molecule has 2 aromatic carbocycles. The van der Waals surface area contributed by atoms with Gasteiger partial charge in [-0.25, -0.2) is 4.21 Å². The molecule has 7 heteroatoms. The summed E-state index contributed by atoms with van der Waals surface area (Å²) in [7, 11) is 0. The minimum Gasteiger partial charge on any atom is -0.490 e. The van der Waals surface area contributed by atoms with Gasteiger partial charge in [-0.2, -0.15) is 0 Å². The van der Waals surface area contributed by atoms with E-state index in [1.807, 2.05) is 38.1 Å². The molecule has 2 rings (SSSR count). The lowest BCUT2D eigenvalue weighted by atomic mass is 10.1. The number of hydrogen-bond acceptors (Lipinski definition) is 4. The summed E-state index contributed by atoms with van der Waals surface area (Å²) >= 11 is -2.14. The van der Waals surface area contributed by atoms with Gasteiger partial charge in [0.25, 0.3) is 11.3 Å². The van der Waals surface area contributed by atoms with Crippen LogP contribution in [0.15, 0.2) is 36.4 Å². The number of anilines is 1. The molecule has 0 aromatic heterocycles. The van der Waals surface area contributed by atoms with E-state index in [1.54, 1.807) is 12.1 Å². The Hall–Kier alpha value is -1.67. The SMILES string of the molecule is CC(C)NC[C@@H](O)COc1ccc(NS(=O)O)c2ccccc12. The largest absolute Gasteiger partial charge is 0.490 e. The first-order chi connectivity index (χ1) is 11.0. The van der Waals surface area contributed by atoms with Gasteiger partial charge in [-0.3, -0.25) is 9.27 Å². The van der Waals surface area contributed by atoms with E-state index >= 15 is 0 Å². The molecule has 2 aromatic rings. The summed E-state index contributed by atoms with van der Waals surface area (Å²) < 4.78 is 28.2. The summed E-state index contributed by atoms with van der Waals surface area (Å²) in [5.41, 5.74) is 0.552. The zero-order chi connectivity index (χ0) is 16.8. The van der Waals surface area contributed by atoms with Crippen molar-refractivity contribution in [3.63, 3.8) is 0 Å². The molecule has 0 aliphatic heterocycles. The quantitative estimate of drug-likeness (QED) is 0.554. The van der Waals surface area contributed by atoms with Crippen molar-refractivity contribution in [3.05, 3.63) is 36.4 Å². The van der Waals surface area contributed by atoms with Gasteiger partial charge < -0.3 is 15.2 Å². The van der Waals surface area contributed by atoms with Gasteiger partial charge in [-0.1, -0.05) is 38.1 Å². The van der Waals surface area contributed by atoms with Crippen LogP contribution in [0.5, 0.6) is 5.75 Å². The van der Waals surface area contributed by atoms with Crippen LogP contribution >= 0.6 is 0 Å². The number of nitrogens with one attached hydrogen (secondary N) is 2. The van der Waals surface area contributed by atoms with Crippen LogP contribution in [0.1, 0.15) is 13.8 Å². The molecule has 0 heterocycles. The Morgan fingerprint density at radius 2 is 1.87 bits per heavy atom. The summed E-state index contributed by atoms with van der Waals surface area (Å²) in [6.07, 6.45) is -0.612. The van der Waals surface area contributed by atoms with E-state index in [9.17, 15) is 9.32 Å². The third-order valence-corrected chi connectivity index (χ3v) is 3.67. The fourth-order valence-electron chi connectivity index (χ4n) is 2.20. The van der Waals surface area contributed by atoms with Gasteiger partial charge in [0, 0.05) is 23.4 Å². The van der Waals surface area contributed by atoms with Crippen LogP contribution in [0.2, 0.25) is 0 Å². The third-order valence-electron chi connectivity index (χ3n) is 3.27. The molecule has 4 N–H and O–H groups in total. The van der Waals surface area contributed by atoms with Crippen LogP contribution < -0.4 is 14.8 Å². The Balaban J connectivity index is 2.14. The third kappa shape index (κ3) is 5.18. The van der Waals surface area contributed by atoms with Gasteiger partial charge in [0.15, 0.2) is 0 Å². The van der Waals surface area contributed by atoms with Crippen molar-refractivity contribution < 1.29 is 18.6 Å². The van der Waals surface area contributed by atoms with Gasteiger partial charge in [0.2, 0.25) is 0 Å². The number of rotatable bonds is 8. The maximum atomic E-state index is 11.0. The number of aliphatic hydroxyl groups excluding tert-OH is 1. The Bertz CT molecular complexity index is 678. The second-order valence-corrected chi connectivity index (χ2v) is 6.24. The average molecular weight is 338 g/mol. The van der Waals surface area contributed by atoms with E-state index in [0.29, 0.717) is 24.0 Å². The normalized spacial score (nSPS) is 14.0. The molecular formula is C16H22N2O4S. The van der Waals surface area contributed by atoms with Crippen molar-refractivity contribution in [2.45, 2.75) is 26.0 Å². The topological polar surface area (TPSA) is 90.8 Å². The van der Waals surface area contributed by atoms with E-state index in [-0.39, 0.29) is 6.61 Å². The fourth-order valence-corrected chi connectivity index (χ4v) is 2.56. The lowest BCUT2D eigenvalue weighted by molar-refractivity contribution is 0.105. The van der Waals surface area contributed by atoms with E-state index in [0.717, 1.165) is 10.8 Å². The summed E-state index contributed by atoms with van der Waals surface area (Å²) in [5, 5.41) is 14.7. The number of fused-ring (bicyclic) bond motifs is 1. The molecule has 0 bridgehead atoms. The standard InChI is InChI=1S/C16H22N2O4S/c1-11(2)17-9-12(19)10-22-16-8-7-15(18-23(20)21)13-5-3-4-6-14(13)16/h3-8,11-12,17-19H,9-10H2,1-2H3,(H,20,21)/t12-/m1/s1. The van der Waals surface area contributed by atoms with Crippen molar-refractivity contribution in [2.24, 2.45) is 0 Å². The second kappa shape index (κ2) is 8.26. The van der Waals surface area contributed by atoms with E-state index in [2.05, 4.69) is 10.0 Å². The Labute approximate surface area is 138 Å². The van der Waals surface area contributed by atoms with Crippen molar-refractivity contribution in [2.75, 3.05) is 17.9 Å². The summed E-state index contributed by atoms with van der Waals surface area (Å²) in [6.45, 7) is 4.65. The Morgan fingerprint density at radius 3 is 2.52 bits per heavy atom. The molecule has 0 saturated heterocycles. The van der Waals surface area contributed by atoms with Gasteiger partial charge in [0.1, 0.15) is 18.5 Å². The zero-order valence-corrected chi connectivity index (χ0v) is 14.0. The highest BCUT2D eigenvalue weighted by Crippen LogP contribution is 2.31. The van der Waals surface area contributed by atoms with Crippen molar-refractivity contribution in [1.82, 2.24) is 5.32 Å². The lowest BCUT2D eigenvalue weighted by Crippen LogP contribution is -2.35. The first-order valence-corrected chi connectivity index (χ1v) is 8.51. The molecular weight excluding hydrogens is 316 g/mol. The highest BCUT2D eigenvalue weighted by Gasteiger charge is 2.10. The number of ether oxygens (including phenoxy) is 1. The number of benzene rings is 2. The molecule has 0 radical (unpaired) electrons. The molecule has 126 valence electrons. The first kappa shape index (κ1) is 17.7. The highest BCUT2D eigenvalue weighted by molar-refractivity contribution is 7.80. The predicted molar refractivity (Wildman–Crippen MR) is 93.0 cm³/mol. The molecule has 0 amide bonds. The van der Waals surface area contributed by atoms with Crippen LogP contribution in [-0.4, -0.2) is 39.2 Å². The van der Waals surface area contributed by atoms with E-state index in [4.69, 9.17) is 9.29 Å². The van der Waals surface area contributed by atoms with E-state index in [1.165, 1.54) is 0 Å². The molecule has 0 aliphatic rings. The summed E-state index contributed by atoms with van der Waals surface area (Å²) in [4.78, 5) is 0. The molecule has 0 saturated carbocycles. The predicted octanol–water partition coefficient (Wildman–Crippen LogP) is 2.13. The lowest BCUT2D eigenvalue weighted by Gasteiger charge is -2.17. The van der Waals surface area contributed by atoms with Gasteiger partial charge in [-0.15, -0.1) is 0 Å². The highest BCUT2D eigenvalue weighted by atomic mass is 32.2. The molecule has 0 spiro atoms. The van der Waals surface area contributed by atoms with Crippen molar-refractivity contribution in [1.29, 1.82) is 0 Å². The average Bonchev–Trinajstić information content (AvgIpc) is 2.51. The maximum absolute atomic E-state index is 11.0. The monoisotopic (exact) mass is 338 g/mol. The van der Waals surface area contributed by atoms with Gasteiger partial charge >= 0.3 is 0 Å². The molecule has 1 unspecified atom stereocenters. The first-order valence-electron chi connectivity index (χ1n) is 7.41. The molecule has 23 heavy (non-hydrogen) atoms. The number of hydrogen-bond donors (Lipinski definition) is 4. The smallest absolute Gasteiger partial charge is 0.259 e. The molecule has 6 nitrogen and oxygen atoms in total. The maximum Gasteiger partial charge on any atom is 0.259 e. The van der Waals surface area contributed by atoms with E-state index < -0.39 is 17.4 Å². The van der Waals surface area contributed by atoms with Gasteiger partial charge in [0.05, 0.1) is 5.69 Å². The van der Waals surface area contributed by atoms with Gasteiger partial charge in [-0.05, 0) is 12.1 Å². The van der Waals surface area contributed by atoms with Crippen molar-refractivity contribution >= 4 is 27.7 Å². The summed E-state index contributed by atoms with van der Waals surface area (Å²) in [5.74, 6) is 0.624. The van der Waals surface area contributed by atoms with Crippen LogP contribution in [0.3, 0.4) is 0 Å². The fraction of sp³-hybridized carbons (Fsp3) is 0.375. The molecule has 0 aliphatic carbocycles. The Morgan fingerprint density at radius 1 is 1.17 bits per heavy atom.